The highest BCUT2D eigenvalue weighted by Gasteiger charge is 2.32. The molecule has 21 heavy (non-hydrogen) atoms. The molecule has 1 atom stereocenters. The van der Waals surface area contributed by atoms with Crippen LogP contribution in [0.2, 0.25) is 0 Å². The van der Waals surface area contributed by atoms with E-state index in [1.807, 2.05) is 0 Å². The van der Waals surface area contributed by atoms with E-state index < -0.39 is 4.92 Å². The van der Waals surface area contributed by atoms with E-state index in [0.717, 1.165) is 26.1 Å². The summed E-state index contributed by atoms with van der Waals surface area (Å²) in [5, 5.41) is 10.9. The molecule has 7 heteroatoms. The zero-order valence-corrected chi connectivity index (χ0v) is 13.0. The summed E-state index contributed by atoms with van der Waals surface area (Å²) in [5.74, 6) is 0.332. The number of benzene rings is 1. The van der Waals surface area contributed by atoms with E-state index in [9.17, 15) is 10.1 Å². The van der Waals surface area contributed by atoms with Gasteiger partial charge in [-0.2, -0.15) is 0 Å². The molecule has 2 rings (SSSR count). The summed E-state index contributed by atoms with van der Waals surface area (Å²) < 4.78 is 5.55. The van der Waals surface area contributed by atoms with Crippen molar-refractivity contribution in [1.82, 2.24) is 4.90 Å². The van der Waals surface area contributed by atoms with E-state index in [4.69, 9.17) is 10.5 Å². The van der Waals surface area contributed by atoms with E-state index in [2.05, 4.69) is 11.8 Å². The molecule has 1 aromatic carbocycles. The first-order chi connectivity index (χ1) is 9.54. The highest BCUT2D eigenvalue weighted by Crippen LogP contribution is 2.29. The second kappa shape index (κ2) is 7.59. The van der Waals surface area contributed by atoms with Gasteiger partial charge in [0.15, 0.2) is 5.75 Å². The number of rotatable bonds is 6. The minimum Gasteiger partial charge on any atom is -0.485 e. The van der Waals surface area contributed by atoms with Crippen LogP contribution in [-0.2, 0) is 0 Å². The van der Waals surface area contributed by atoms with E-state index in [0.29, 0.717) is 18.9 Å². The van der Waals surface area contributed by atoms with Crippen molar-refractivity contribution in [2.75, 3.05) is 32.8 Å². The van der Waals surface area contributed by atoms with Gasteiger partial charge in [0.1, 0.15) is 6.61 Å². The third kappa shape index (κ3) is 4.56. The maximum Gasteiger partial charge on any atom is 0.310 e. The highest BCUT2D eigenvalue weighted by atomic mass is 35.5. The lowest BCUT2D eigenvalue weighted by molar-refractivity contribution is -0.385. The molecule has 1 aliphatic rings. The van der Waals surface area contributed by atoms with Crippen molar-refractivity contribution in [2.24, 2.45) is 11.1 Å². The second-order valence-electron chi connectivity index (χ2n) is 5.61. The zero-order chi connectivity index (χ0) is 14.6. The molecule has 0 amide bonds. The van der Waals surface area contributed by atoms with Gasteiger partial charge in [0, 0.05) is 19.2 Å². The molecular weight excluding hydrogens is 294 g/mol. The normalized spacial score (nSPS) is 21.8. The van der Waals surface area contributed by atoms with Crippen LogP contribution in [-0.4, -0.2) is 42.6 Å². The molecule has 0 aromatic heterocycles. The fourth-order valence-electron chi connectivity index (χ4n) is 2.50. The Bertz CT molecular complexity index is 486. The number of ether oxygens (including phenoxy) is 1. The number of likely N-dealkylation sites (tertiary alicyclic amines) is 1. The molecule has 1 unspecified atom stereocenters. The molecule has 0 aliphatic carbocycles. The van der Waals surface area contributed by atoms with Gasteiger partial charge in [0.2, 0.25) is 0 Å². The van der Waals surface area contributed by atoms with Gasteiger partial charge in [0.05, 0.1) is 4.92 Å². The largest absolute Gasteiger partial charge is 0.485 e. The first kappa shape index (κ1) is 17.7. The summed E-state index contributed by atoms with van der Waals surface area (Å²) in [6, 6.07) is 6.46. The van der Waals surface area contributed by atoms with Gasteiger partial charge in [-0.05, 0) is 31.0 Å². The van der Waals surface area contributed by atoms with Gasteiger partial charge in [-0.15, -0.1) is 12.4 Å². The number of nitrogens with zero attached hydrogens (tertiary/aromatic N) is 2. The van der Waals surface area contributed by atoms with Crippen LogP contribution in [0.4, 0.5) is 5.69 Å². The topological polar surface area (TPSA) is 81.6 Å². The molecule has 0 bridgehead atoms. The molecular formula is C14H22ClN3O3. The lowest BCUT2D eigenvalue weighted by Gasteiger charge is -2.22. The van der Waals surface area contributed by atoms with Gasteiger partial charge in [-0.3, -0.25) is 15.0 Å². The fraction of sp³-hybridized carbons (Fsp3) is 0.571. The van der Waals surface area contributed by atoms with Gasteiger partial charge in [0.25, 0.3) is 0 Å². The summed E-state index contributed by atoms with van der Waals surface area (Å²) in [6.45, 7) is 6.06. The van der Waals surface area contributed by atoms with Crippen LogP contribution in [0.15, 0.2) is 24.3 Å². The third-order valence-corrected chi connectivity index (χ3v) is 3.86. The Balaban J connectivity index is 0.00000220. The Labute approximate surface area is 130 Å². The summed E-state index contributed by atoms with van der Waals surface area (Å²) >= 11 is 0. The van der Waals surface area contributed by atoms with Crippen LogP contribution in [0.1, 0.15) is 13.3 Å². The molecule has 1 saturated heterocycles. The van der Waals surface area contributed by atoms with Gasteiger partial charge in [-0.25, -0.2) is 0 Å². The van der Waals surface area contributed by atoms with Crippen molar-refractivity contribution in [3.63, 3.8) is 0 Å². The van der Waals surface area contributed by atoms with Crippen LogP contribution in [0.25, 0.3) is 0 Å². The Morgan fingerprint density at radius 3 is 2.81 bits per heavy atom. The van der Waals surface area contributed by atoms with Gasteiger partial charge in [-0.1, -0.05) is 19.1 Å². The number of nitro benzene ring substituents is 1. The van der Waals surface area contributed by atoms with Crippen molar-refractivity contribution in [3.05, 3.63) is 34.4 Å². The predicted molar refractivity (Wildman–Crippen MR) is 84.1 cm³/mol. The molecule has 1 fully saturated rings. The Kier molecular flexibility index (Phi) is 6.39. The summed E-state index contributed by atoms with van der Waals surface area (Å²) in [5.41, 5.74) is 5.98. The van der Waals surface area contributed by atoms with Gasteiger partial charge >= 0.3 is 5.69 Å². The Morgan fingerprint density at radius 2 is 2.19 bits per heavy atom. The van der Waals surface area contributed by atoms with Crippen molar-refractivity contribution < 1.29 is 9.66 Å². The monoisotopic (exact) mass is 315 g/mol. The SMILES string of the molecule is CC1(CN)CCN(CCOc2ccccc2[N+](=O)[O-])C1.Cl. The lowest BCUT2D eigenvalue weighted by Crippen LogP contribution is -2.33. The minimum atomic E-state index is -0.420. The molecule has 6 nitrogen and oxygen atoms in total. The van der Waals surface area contributed by atoms with Crippen molar-refractivity contribution in [2.45, 2.75) is 13.3 Å². The molecule has 0 radical (unpaired) electrons. The maximum atomic E-state index is 10.9. The standard InChI is InChI=1S/C14H21N3O3.ClH/c1-14(10-15)6-7-16(11-14)8-9-20-13-5-3-2-4-12(13)17(18)19;/h2-5H,6-11,15H2,1H3;1H. The molecule has 1 aromatic rings. The average molecular weight is 316 g/mol. The maximum absolute atomic E-state index is 10.9. The van der Waals surface area contributed by atoms with Crippen LogP contribution >= 0.6 is 12.4 Å². The first-order valence-electron chi connectivity index (χ1n) is 6.83. The third-order valence-electron chi connectivity index (χ3n) is 3.86. The average Bonchev–Trinajstić information content (AvgIpc) is 2.82. The summed E-state index contributed by atoms with van der Waals surface area (Å²) in [4.78, 5) is 12.7. The predicted octanol–water partition coefficient (Wildman–Crippen LogP) is 2.07. The van der Waals surface area contributed by atoms with E-state index >= 15 is 0 Å². The summed E-state index contributed by atoms with van der Waals surface area (Å²) in [6.07, 6.45) is 1.09. The van der Waals surface area contributed by atoms with Crippen molar-refractivity contribution in [1.29, 1.82) is 0 Å². The molecule has 1 heterocycles. The summed E-state index contributed by atoms with van der Waals surface area (Å²) in [7, 11) is 0. The van der Waals surface area contributed by atoms with Crippen LogP contribution in [0.5, 0.6) is 5.75 Å². The van der Waals surface area contributed by atoms with Crippen LogP contribution in [0.3, 0.4) is 0 Å². The number of hydrogen-bond acceptors (Lipinski definition) is 5. The number of halogens is 1. The van der Waals surface area contributed by atoms with E-state index in [1.165, 1.54) is 6.07 Å². The van der Waals surface area contributed by atoms with Gasteiger partial charge < -0.3 is 10.5 Å². The Morgan fingerprint density at radius 1 is 1.48 bits per heavy atom. The molecule has 2 N–H and O–H groups in total. The molecule has 1 aliphatic heterocycles. The number of hydrogen-bond donors (Lipinski definition) is 1. The van der Waals surface area contributed by atoms with E-state index in [1.54, 1.807) is 18.2 Å². The van der Waals surface area contributed by atoms with Crippen LogP contribution < -0.4 is 10.5 Å². The highest BCUT2D eigenvalue weighted by molar-refractivity contribution is 5.85. The van der Waals surface area contributed by atoms with Crippen molar-refractivity contribution >= 4 is 18.1 Å². The minimum absolute atomic E-state index is 0. The first-order valence-corrected chi connectivity index (χ1v) is 6.83. The molecule has 118 valence electrons. The van der Waals surface area contributed by atoms with Crippen molar-refractivity contribution in [3.8, 4) is 5.75 Å². The second-order valence-corrected chi connectivity index (χ2v) is 5.61. The van der Waals surface area contributed by atoms with E-state index in [-0.39, 0.29) is 23.5 Å². The molecule has 0 spiro atoms. The zero-order valence-electron chi connectivity index (χ0n) is 12.2. The van der Waals surface area contributed by atoms with Crippen LogP contribution in [0, 0.1) is 15.5 Å². The molecule has 0 saturated carbocycles. The lowest BCUT2D eigenvalue weighted by atomic mass is 9.90. The number of nitro groups is 1. The fourth-order valence-corrected chi connectivity index (χ4v) is 2.50. The number of nitrogens with two attached hydrogens (primary N) is 1. The quantitative estimate of drug-likeness (QED) is 0.642. The Hall–Kier alpha value is -1.37. The number of para-hydroxylation sites is 2. The smallest absolute Gasteiger partial charge is 0.310 e.